The fourth-order valence-corrected chi connectivity index (χ4v) is 1.18. The second-order valence-corrected chi connectivity index (χ2v) is 3.62. The topological polar surface area (TPSA) is 106 Å². The number of aromatic amines is 1. The highest BCUT2D eigenvalue weighted by molar-refractivity contribution is 5.90. The first-order valence-corrected chi connectivity index (χ1v) is 5.78. The summed E-state index contributed by atoms with van der Waals surface area (Å²) >= 11 is 0. The fraction of sp³-hybridized carbons (Fsp3) is 0.700. The van der Waals surface area contributed by atoms with E-state index < -0.39 is 0 Å². The van der Waals surface area contributed by atoms with Crippen molar-refractivity contribution in [2.75, 3.05) is 25.5 Å². The maximum Gasteiger partial charge on any atom is 0.288 e. The average Bonchev–Trinajstić information content (AvgIpc) is 2.74. The number of unbranched alkanes of at least 4 members (excludes halogenated alkanes) is 1. The molecule has 7 heteroatoms. The van der Waals surface area contributed by atoms with Crippen LogP contribution < -0.4 is 11.1 Å². The van der Waals surface area contributed by atoms with Crippen LogP contribution in [0.25, 0.3) is 0 Å². The van der Waals surface area contributed by atoms with Gasteiger partial charge in [0.15, 0.2) is 0 Å². The number of H-pyrrole nitrogens is 1. The monoisotopic (exact) mass is 241 g/mol. The fourth-order valence-electron chi connectivity index (χ4n) is 1.18. The maximum atomic E-state index is 11.5. The molecule has 0 fully saturated rings. The molecule has 0 unspecified atom stereocenters. The lowest BCUT2D eigenvalue weighted by molar-refractivity contribution is 0.0930. The molecule has 0 aliphatic heterocycles. The molecule has 0 aromatic carbocycles. The minimum atomic E-state index is -0.303. The number of amides is 1. The summed E-state index contributed by atoms with van der Waals surface area (Å²) in [6.07, 6.45) is 2.98. The number of rotatable bonds is 8. The molecule has 0 saturated heterocycles. The molecule has 17 heavy (non-hydrogen) atoms. The van der Waals surface area contributed by atoms with Crippen molar-refractivity contribution in [2.45, 2.75) is 26.2 Å². The standard InChI is InChI=1S/C10H19N5O2/c1-2-3-6-17-7-4-5-12-9(16)8-13-10(11)15-14-8/h2-7H2,1H3,(H,12,16)(H3,11,13,14,15). The number of nitrogen functional groups attached to an aromatic ring is 1. The number of ether oxygens (including phenoxy) is 1. The van der Waals surface area contributed by atoms with Gasteiger partial charge in [0.05, 0.1) is 0 Å². The van der Waals surface area contributed by atoms with Gasteiger partial charge in [-0.15, -0.1) is 5.10 Å². The predicted octanol–water partition coefficient (Wildman–Crippen LogP) is 0.324. The van der Waals surface area contributed by atoms with Crippen LogP contribution in [-0.2, 0) is 4.74 Å². The van der Waals surface area contributed by atoms with Crippen LogP contribution in [0.15, 0.2) is 0 Å². The molecule has 1 amide bonds. The Bertz CT molecular complexity index is 339. The largest absolute Gasteiger partial charge is 0.381 e. The molecule has 0 aliphatic rings. The van der Waals surface area contributed by atoms with Gasteiger partial charge in [-0.25, -0.2) is 0 Å². The lowest BCUT2D eigenvalue weighted by atomic mass is 10.3. The summed E-state index contributed by atoms with van der Waals surface area (Å²) < 4.78 is 5.36. The molecule has 96 valence electrons. The van der Waals surface area contributed by atoms with Crippen LogP contribution in [0.1, 0.15) is 36.8 Å². The zero-order valence-electron chi connectivity index (χ0n) is 10.0. The summed E-state index contributed by atoms with van der Waals surface area (Å²) in [7, 11) is 0. The predicted molar refractivity (Wildman–Crippen MR) is 63.5 cm³/mol. The minimum Gasteiger partial charge on any atom is -0.381 e. The van der Waals surface area contributed by atoms with Gasteiger partial charge in [-0.1, -0.05) is 13.3 Å². The second kappa shape index (κ2) is 7.61. The third kappa shape index (κ3) is 5.30. The Balaban J connectivity index is 2.05. The molecule has 1 aromatic rings. The third-order valence-corrected chi connectivity index (χ3v) is 2.11. The van der Waals surface area contributed by atoms with E-state index in [9.17, 15) is 4.79 Å². The van der Waals surface area contributed by atoms with Gasteiger partial charge in [0.25, 0.3) is 5.91 Å². The number of aromatic nitrogens is 3. The number of nitrogens with zero attached hydrogens (tertiary/aromatic N) is 2. The van der Waals surface area contributed by atoms with Gasteiger partial charge in [0, 0.05) is 19.8 Å². The molecule has 0 spiro atoms. The molecule has 1 heterocycles. The molecule has 4 N–H and O–H groups in total. The van der Waals surface area contributed by atoms with Crippen molar-refractivity contribution in [3.05, 3.63) is 5.82 Å². The van der Waals surface area contributed by atoms with Crippen LogP contribution in [0.2, 0.25) is 0 Å². The Morgan fingerprint density at radius 1 is 1.47 bits per heavy atom. The molecule has 0 saturated carbocycles. The van der Waals surface area contributed by atoms with Crippen LogP contribution in [0.4, 0.5) is 5.95 Å². The van der Waals surface area contributed by atoms with Crippen LogP contribution in [0.3, 0.4) is 0 Å². The zero-order chi connectivity index (χ0) is 12.5. The molecule has 0 atom stereocenters. The summed E-state index contributed by atoms with van der Waals surface area (Å²) in [6.45, 7) is 4.10. The van der Waals surface area contributed by atoms with E-state index in [2.05, 4.69) is 27.4 Å². The summed E-state index contributed by atoms with van der Waals surface area (Å²) in [5.41, 5.74) is 5.29. The summed E-state index contributed by atoms with van der Waals surface area (Å²) in [6, 6.07) is 0. The molecule has 0 radical (unpaired) electrons. The Labute approximate surface area is 100 Å². The Hall–Kier alpha value is -1.63. The van der Waals surface area contributed by atoms with Gasteiger partial charge in [-0.3, -0.25) is 9.89 Å². The van der Waals surface area contributed by atoms with E-state index >= 15 is 0 Å². The van der Waals surface area contributed by atoms with Crippen molar-refractivity contribution >= 4 is 11.9 Å². The molecular weight excluding hydrogens is 222 g/mol. The number of anilines is 1. The molecule has 1 aromatic heterocycles. The molecule has 7 nitrogen and oxygen atoms in total. The number of hydrogen-bond acceptors (Lipinski definition) is 5. The van der Waals surface area contributed by atoms with Crippen LogP contribution >= 0.6 is 0 Å². The second-order valence-electron chi connectivity index (χ2n) is 3.62. The highest BCUT2D eigenvalue weighted by Gasteiger charge is 2.08. The van der Waals surface area contributed by atoms with Crippen LogP contribution in [0, 0.1) is 0 Å². The smallest absolute Gasteiger partial charge is 0.288 e. The third-order valence-electron chi connectivity index (χ3n) is 2.11. The Kier molecular flexibility index (Phi) is 6.02. The summed E-state index contributed by atoms with van der Waals surface area (Å²) in [4.78, 5) is 15.2. The highest BCUT2D eigenvalue weighted by Crippen LogP contribution is 1.93. The van der Waals surface area contributed by atoms with E-state index in [0.29, 0.717) is 13.2 Å². The van der Waals surface area contributed by atoms with Crippen molar-refractivity contribution < 1.29 is 9.53 Å². The van der Waals surface area contributed by atoms with E-state index in [1.807, 2.05) is 0 Å². The van der Waals surface area contributed by atoms with Crippen molar-refractivity contribution in [2.24, 2.45) is 0 Å². The molecular formula is C10H19N5O2. The molecule has 0 bridgehead atoms. The van der Waals surface area contributed by atoms with Crippen molar-refractivity contribution in [1.82, 2.24) is 20.5 Å². The van der Waals surface area contributed by atoms with Crippen LogP contribution in [-0.4, -0.2) is 40.8 Å². The van der Waals surface area contributed by atoms with E-state index in [1.54, 1.807) is 0 Å². The van der Waals surface area contributed by atoms with E-state index in [0.717, 1.165) is 25.9 Å². The number of hydrogen-bond donors (Lipinski definition) is 3. The van der Waals surface area contributed by atoms with E-state index in [-0.39, 0.29) is 17.7 Å². The van der Waals surface area contributed by atoms with Crippen molar-refractivity contribution in [3.63, 3.8) is 0 Å². The van der Waals surface area contributed by atoms with E-state index in [4.69, 9.17) is 10.5 Å². The van der Waals surface area contributed by atoms with Crippen molar-refractivity contribution in [3.8, 4) is 0 Å². The number of carbonyl (C=O) groups is 1. The lowest BCUT2D eigenvalue weighted by Gasteiger charge is -2.04. The van der Waals surface area contributed by atoms with Gasteiger partial charge in [0.2, 0.25) is 11.8 Å². The zero-order valence-corrected chi connectivity index (χ0v) is 10.0. The quantitative estimate of drug-likeness (QED) is 0.568. The molecule has 1 rings (SSSR count). The van der Waals surface area contributed by atoms with Gasteiger partial charge in [-0.05, 0) is 12.8 Å². The first-order chi connectivity index (χ1) is 8.24. The number of nitrogens with one attached hydrogen (secondary N) is 2. The summed E-state index contributed by atoms with van der Waals surface area (Å²) in [5.74, 6) is -0.102. The Morgan fingerprint density at radius 3 is 2.88 bits per heavy atom. The Morgan fingerprint density at radius 2 is 2.24 bits per heavy atom. The van der Waals surface area contributed by atoms with Gasteiger partial charge in [0.1, 0.15) is 0 Å². The normalized spacial score (nSPS) is 10.4. The van der Waals surface area contributed by atoms with Gasteiger partial charge >= 0.3 is 0 Å². The van der Waals surface area contributed by atoms with Gasteiger partial charge < -0.3 is 15.8 Å². The number of carbonyl (C=O) groups excluding carboxylic acids is 1. The SMILES string of the molecule is CCCCOCCCNC(=O)c1nc(N)n[nH]1. The lowest BCUT2D eigenvalue weighted by Crippen LogP contribution is -2.26. The maximum absolute atomic E-state index is 11.5. The first-order valence-electron chi connectivity index (χ1n) is 5.78. The highest BCUT2D eigenvalue weighted by atomic mass is 16.5. The number of nitrogens with two attached hydrogens (primary N) is 1. The minimum absolute atomic E-state index is 0.0676. The average molecular weight is 241 g/mol. The van der Waals surface area contributed by atoms with Gasteiger partial charge in [-0.2, -0.15) is 4.98 Å². The summed E-state index contributed by atoms with van der Waals surface area (Å²) in [5, 5.41) is 8.71. The van der Waals surface area contributed by atoms with Crippen molar-refractivity contribution in [1.29, 1.82) is 0 Å². The van der Waals surface area contributed by atoms with E-state index in [1.165, 1.54) is 0 Å². The first kappa shape index (κ1) is 13.4. The molecule has 0 aliphatic carbocycles. The van der Waals surface area contributed by atoms with Crippen LogP contribution in [0.5, 0.6) is 0 Å².